The molecule has 0 aliphatic rings. The second-order valence-electron chi connectivity index (χ2n) is 8.17. The standard InChI is InChI=1S/C27H28ClN3O/c1-3-19(2)21-10-8-20(9-11-21)18-31-25-7-5-4-6-24(25)30-26(31)16-17-29-27(32)22-12-14-23(28)15-13-22/h4-15,19H,3,16-18H2,1-2H3,(H,29,32). The van der Waals surface area contributed by atoms with Crippen LogP contribution in [0.25, 0.3) is 11.0 Å². The predicted molar refractivity (Wildman–Crippen MR) is 131 cm³/mol. The van der Waals surface area contributed by atoms with Gasteiger partial charge >= 0.3 is 0 Å². The minimum Gasteiger partial charge on any atom is -0.352 e. The topological polar surface area (TPSA) is 46.9 Å². The van der Waals surface area contributed by atoms with Crippen molar-refractivity contribution in [2.24, 2.45) is 0 Å². The van der Waals surface area contributed by atoms with Crippen LogP contribution in [0.15, 0.2) is 72.8 Å². The summed E-state index contributed by atoms with van der Waals surface area (Å²) in [6.45, 7) is 5.74. The van der Waals surface area contributed by atoms with Crippen LogP contribution < -0.4 is 5.32 Å². The zero-order valence-corrected chi connectivity index (χ0v) is 19.3. The van der Waals surface area contributed by atoms with Crippen molar-refractivity contribution in [2.75, 3.05) is 6.54 Å². The first-order chi connectivity index (χ1) is 15.5. The molecule has 1 amide bonds. The number of halogens is 1. The fourth-order valence-electron chi connectivity index (χ4n) is 3.85. The van der Waals surface area contributed by atoms with E-state index in [0.29, 0.717) is 29.5 Å². The lowest BCUT2D eigenvalue weighted by atomic mass is 9.98. The molecule has 1 N–H and O–H groups in total. The molecule has 1 heterocycles. The van der Waals surface area contributed by atoms with E-state index in [1.165, 1.54) is 11.1 Å². The zero-order chi connectivity index (χ0) is 22.5. The maximum Gasteiger partial charge on any atom is 0.251 e. The first kappa shape index (κ1) is 22.1. The average Bonchev–Trinajstić information content (AvgIpc) is 3.16. The lowest BCUT2D eigenvalue weighted by Crippen LogP contribution is -2.26. The minimum absolute atomic E-state index is 0.107. The number of fused-ring (bicyclic) bond motifs is 1. The predicted octanol–water partition coefficient (Wildman–Crippen LogP) is 6.22. The molecule has 32 heavy (non-hydrogen) atoms. The Morgan fingerprint density at radius 1 is 1.03 bits per heavy atom. The van der Waals surface area contributed by atoms with Gasteiger partial charge in [-0.1, -0.05) is 61.8 Å². The summed E-state index contributed by atoms with van der Waals surface area (Å²) in [5, 5.41) is 3.61. The molecule has 0 aliphatic carbocycles. The van der Waals surface area contributed by atoms with E-state index in [4.69, 9.17) is 16.6 Å². The van der Waals surface area contributed by atoms with Crippen molar-refractivity contribution >= 4 is 28.5 Å². The first-order valence-corrected chi connectivity index (χ1v) is 11.5. The van der Waals surface area contributed by atoms with Gasteiger partial charge in [0.2, 0.25) is 0 Å². The SMILES string of the molecule is CCC(C)c1ccc(Cn2c(CCNC(=O)c3ccc(Cl)cc3)nc3ccccc32)cc1. The fraction of sp³-hybridized carbons (Fsp3) is 0.259. The van der Waals surface area contributed by atoms with Crippen LogP contribution in [0.5, 0.6) is 0 Å². The van der Waals surface area contributed by atoms with Crippen LogP contribution in [0, 0.1) is 0 Å². The highest BCUT2D eigenvalue weighted by molar-refractivity contribution is 6.30. The molecule has 0 saturated heterocycles. The molecule has 4 rings (SSSR count). The third kappa shape index (κ3) is 5.03. The van der Waals surface area contributed by atoms with E-state index in [9.17, 15) is 4.79 Å². The summed E-state index contributed by atoms with van der Waals surface area (Å²) >= 11 is 5.91. The van der Waals surface area contributed by atoms with Gasteiger partial charge in [-0.2, -0.15) is 0 Å². The molecule has 4 nitrogen and oxygen atoms in total. The molecule has 1 aromatic heterocycles. The Kier molecular flexibility index (Phi) is 6.91. The van der Waals surface area contributed by atoms with Gasteiger partial charge in [-0.05, 0) is 59.9 Å². The van der Waals surface area contributed by atoms with Gasteiger partial charge in [0.25, 0.3) is 5.91 Å². The van der Waals surface area contributed by atoms with Crippen molar-refractivity contribution in [2.45, 2.75) is 39.2 Å². The Hall–Kier alpha value is -3.11. The Morgan fingerprint density at radius 3 is 2.47 bits per heavy atom. The van der Waals surface area contributed by atoms with Crippen molar-refractivity contribution in [1.82, 2.24) is 14.9 Å². The Bertz CT molecular complexity index is 1200. The van der Waals surface area contributed by atoms with Gasteiger partial charge in [0.1, 0.15) is 5.82 Å². The number of hydrogen-bond acceptors (Lipinski definition) is 2. The van der Waals surface area contributed by atoms with Crippen LogP contribution in [0.1, 0.15) is 53.5 Å². The van der Waals surface area contributed by atoms with E-state index in [0.717, 1.165) is 29.8 Å². The number of benzene rings is 3. The molecule has 0 fully saturated rings. The van der Waals surface area contributed by atoms with E-state index >= 15 is 0 Å². The van der Waals surface area contributed by atoms with Gasteiger partial charge in [0.15, 0.2) is 0 Å². The van der Waals surface area contributed by atoms with Gasteiger partial charge in [0.05, 0.1) is 11.0 Å². The lowest BCUT2D eigenvalue weighted by Gasteiger charge is -2.13. The number of hydrogen-bond donors (Lipinski definition) is 1. The van der Waals surface area contributed by atoms with E-state index in [1.54, 1.807) is 24.3 Å². The number of aromatic nitrogens is 2. The van der Waals surface area contributed by atoms with Gasteiger partial charge in [-0.25, -0.2) is 4.98 Å². The van der Waals surface area contributed by atoms with Gasteiger partial charge in [-0.15, -0.1) is 0 Å². The molecule has 0 radical (unpaired) electrons. The maximum atomic E-state index is 12.4. The summed E-state index contributed by atoms with van der Waals surface area (Å²) in [7, 11) is 0. The molecule has 0 aliphatic heterocycles. The second kappa shape index (κ2) is 10.0. The molecular formula is C27H28ClN3O. The highest BCUT2D eigenvalue weighted by Crippen LogP contribution is 2.22. The average molecular weight is 446 g/mol. The van der Waals surface area contributed by atoms with Crippen LogP contribution >= 0.6 is 11.6 Å². The van der Waals surface area contributed by atoms with Crippen LogP contribution in [0.2, 0.25) is 5.02 Å². The van der Waals surface area contributed by atoms with Crippen molar-refractivity contribution < 1.29 is 4.79 Å². The summed E-state index contributed by atoms with van der Waals surface area (Å²) < 4.78 is 2.25. The van der Waals surface area contributed by atoms with Gasteiger partial charge < -0.3 is 9.88 Å². The van der Waals surface area contributed by atoms with Crippen LogP contribution in [-0.4, -0.2) is 22.0 Å². The monoisotopic (exact) mass is 445 g/mol. The number of carbonyl (C=O) groups is 1. The molecule has 0 spiro atoms. The highest BCUT2D eigenvalue weighted by atomic mass is 35.5. The summed E-state index contributed by atoms with van der Waals surface area (Å²) in [6, 6.07) is 24.0. The third-order valence-electron chi connectivity index (χ3n) is 5.98. The summed E-state index contributed by atoms with van der Waals surface area (Å²) in [5.74, 6) is 1.43. The fourth-order valence-corrected chi connectivity index (χ4v) is 3.98. The Morgan fingerprint density at radius 2 is 1.75 bits per heavy atom. The molecule has 0 saturated carbocycles. The normalized spacial score (nSPS) is 12.1. The molecular weight excluding hydrogens is 418 g/mol. The molecule has 1 unspecified atom stereocenters. The van der Waals surface area contributed by atoms with E-state index < -0.39 is 0 Å². The lowest BCUT2D eigenvalue weighted by molar-refractivity contribution is 0.0954. The Labute approximate surface area is 194 Å². The van der Waals surface area contributed by atoms with Gasteiger partial charge in [-0.3, -0.25) is 4.79 Å². The molecule has 164 valence electrons. The van der Waals surface area contributed by atoms with E-state index in [1.807, 2.05) is 18.2 Å². The second-order valence-corrected chi connectivity index (χ2v) is 8.60. The molecule has 5 heteroatoms. The number of rotatable bonds is 8. The highest BCUT2D eigenvalue weighted by Gasteiger charge is 2.12. The molecule has 4 aromatic rings. The van der Waals surface area contributed by atoms with E-state index in [2.05, 4.69) is 54.1 Å². The minimum atomic E-state index is -0.107. The molecule has 1 atom stereocenters. The smallest absolute Gasteiger partial charge is 0.251 e. The number of para-hydroxylation sites is 2. The van der Waals surface area contributed by atoms with E-state index in [-0.39, 0.29) is 5.91 Å². The zero-order valence-electron chi connectivity index (χ0n) is 18.5. The summed E-state index contributed by atoms with van der Waals surface area (Å²) in [4.78, 5) is 17.3. The van der Waals surface area contributed by atoms with Crippen molar-refractivity contribution in [3.8, 4) is 0 Å². The summed E-state index contributed by atoms with van der Waals surface area (Å²) in [6.07, 6.45) is 1.79. The maximum absolute atomic E-state index is 12.4. The first-order valence-electron chi connectivity index (χ1n) is 11.1. The molecule has 0 bridgehead atoms. The van der Waals surface area contributed by atoms with Crippen molar-refractivity contribution in [3.05, 3.63) is 100 Å². The molecule has 3 aromatic carbocycles. The summed E-state index contributed by atoms with van der Waals surface area (Å²) in [5.41, 5.74) is 5.30. The third-order valence-corrected chi connectivity index (χ3v) is 6.23. The quantitative estimate of drug-likeness (QED) is 0.349. The van der Waals surface area contributed by atoms with Crippen molar-refractivity contribution in [1.29, 1.82) is 0 Å². The number of imidazole rings is 1. The number of nitrogens with zero attached hydrogens (tertiary/aromatic N) is 2. The number of amides is 1. The largest absolute Gasteiger partial charge is 0.352 e. The Balaban J connectivity index is 1.50. The van der Waals surface area contributed by atoms with Crippen LogP contribution in [0.3, 0.4) is 0 Å². The van der Waals surface area contributed by atoms with Crippen LogP contribution in [0.4, 0.5) is 0 Å². The van der Waals surface area contributed by atoms with Crippen molar-refractivity contribution in [3.63, 3.8) is 0 Å². The number of carbonyl (C=O) groups excluding carboxylic acids is 1. The number of nitrogens with one attached hydrogen (secondary N) is 1. The van der Waals surface area contributed by atoms with Crippen LogP contribution in [-0.2, 0) is 13.0 Å². The van der Waals surface area contributed by atoms with Gasteiger partial charge in [0, 0.05) is 30.1 Å².